The van der Waals surface area contributed by atoms with Crippen LogP contribution in [0.3, 0.4) is 0 Å². The van der Waals surface area contributed by atoms with Gasteiger partial charge in [-0.25, -0.2) is 4.98 Å². The van der Waals surface area contributed by atoms with Crippen molar-refractivity contribution in [1.29, 1.82) is 0 Å². The second-order valence-electron chi connectivity index (χ2n) is 5.73. The molecule has 1 atom stereocenters. The minimum absolute atomic E-state index is 0. The molecule has 2 heterocycles. The van der Waals surface area contributed by atoms with Gasteiger partial charge in [-0.3, -0.25) is 4.99 Å². The Labute approximate surface area is 170 Å². The molecular weight excluding hydrogens is 447 g/mol. The minimum Gasteiger partial charge on any atom is -0.439 e. The Morgan fingerprint density at radius 1 is 1.40 bits per heavy atom. The van der Waals surface area contributed by atoms with Crippen molar-refractivity contribution < 1.29 is 4.42 Å². The molecule has 0 saturated carbocycles. The number of guanidine groups is 1. The van der Waals surface area contributed by atoms with Crippen molar-refractivity contribution in [2.75, 3.05) is 25.9 Å². The van der Waals surface area contributed by atoms with E-state index in [2.05, 4.69) is 38.9 Å². The normalized spacial score (nSPS) is 17.9. The molecule has 0 amide bonds. The van der Waals surface area contributed by atoms with Crippen LogP contribution in [0.1, 0.15) is 19.2 Å². The molecule has 1 fully saturated rings. The highest BCUT2D eigenvalue weighted by atomic mass is 127. The molecule has 1 saturated heterocycles. The third kappa shape index (κ3) is 5.37. The van der Waals surface area contributed by atoms with Crippen molar-refractivity contribution >= 4 is 41.7 Å². The summed E-state index contributed by atoms with van der Waals surface area (Å²) in [6.07, 6.45) is 2.97. The van der Waals surface area contributed by atoms with Crippen LogP contribution in [-0.2, 0) is 6.54 Å². The Hall–Kier alpha value is -1.22. The van der Waals surface area contributed by atoms with Crippen molar-refractivity contribution in [3.05, 3.63) is 42.4 Å². The molecule has 1 aromatic heterocycles. The molecule has 2 aromatic rings. The lowest BCUT2D eigenvalue weighted by Crippen LogP contribution is -2.47. The highest BCUT2D eigenvalue weighted by molar-refractivity contribution is 14.0. The van der Waals surface area contributed by atoms with E-state index >= 15 is 0 Å². The predicted octanol–water partition coefficient (Wildman–Crippen LogP) is 3.86. The number of nitrogens with one attached hydrogen (secondary N) is 1. The Balaban J connectivity index is 0.00000225. The molecule has 0 spiro atoms. The number of aromatic nitrogens is 1. The molecule has 0 aliphatic carbocycles. The average Bonchev–Trinajstić information content (AvgIpc) is 3.12. The molecule has 1 unspecified atom stereocenters. The summed E-state index contributed by atoms with van der Waals surface area (Å²) < 4.78 is 5.84. The maximum Gasteiger partial charge on any atom is 0.214 e. The third-order valence-electron chi connectivity index (χ3n) is 4.12. The monoisotopic (exact) mass is 472 g/mol. The predicted molar refractivity (Wildman–Crippen MR) is 116 cm³/mol. The van der Waals surface area contributed by atoms with Crippen LogP contribution >= 0.6 is 35.7 Å². The number of nitrogens with zero attached hydrogens (tertiary/aromatic N) is 3. The van der Waals surface area contributed by atoms with Crippen molar-refractivity contribution in [2.24, 2.45) is 4.99 Å². The van der Waals surface area contributed by atoms with Gasteiger partial charge in [-0.1, -0.05) is 37.3 Å². The fourth-order valence-corrected chi connectivity index (χ4v) is 3.95. The number of hydrogen-bond acceptors (Lipinski definition) is 4. The van der Waals surface area contributed by atoms with E-state index in [1.165, 1.54) is 6.42 Å². The van der Waals surface area contributed by atoms with Crippen molar-refractivity contribution in [3.63, 3.8) is 0 Å². The zero-order valence-corrected chi connectivity index (χ0v) is 17.8. The van der Waals surface area contributed by atoms with Gasteiger partial charge in [0.25, 0.3) is 0 Å². The largest absolute Gasteiger partial charge is 0.439 e. The first-order chi connectivity index (χ1) is 11.8. The minimum atomic E-state index is 0. The molecule has 1 aliphatic heterocycles. The van der Waals surface area contributed by atoms with E-state index < -0.39 is 0 Å². The fourth-order valence-electron chi connectivity index (χ4n) is 2.77. The second-order valence-corrected chi connectivity index (χ2v) is 7.14. The van der Waals surface area contributed by atoms with Gasteiger partial charge in [0, 0.05) is 36.7 Å². The van der Waals surface area contributed by atoms with Crippen LogP contribution in [0.15, 0.2) is 45.9 Å². The summed E-state index contributed by atoms with van der Waals surface area (Å²) in [5, 5.41) is 4.06. The zero-order valence-electron chi connectivity index (χ0n) is 14.6. The van der Waals surface area contributed by atoms with E-state index in [0.717, 1.165) is 36.1 Å². The molecule has 1 aromatic carbocycles. The van der Waals surface area contributed by atoms with E-state index in [1.807, 2.05) is 37.4 Å². The average molecular weight is 472 g/mol. The van der Waals surface area contributed by atoms with Crippen LogP contribution in [-0.4, -0.2) is 47.0 Å². The molecule has 7 heteroatoms. The maximum absolute atomic E-state index is 5.84. The van der Waals surface area contributed by atoms with E-state index in [9.17, 15) is 0 Å². The first-order valence-corrected chi connectivity index (χ1v) is 9.42. The number of oxazole rings is 1. The summed E-state index contributed by atoms with van der Waals surface area (Å²) in [7, 11) is 1.83. The summed E-state index contributed by atoms with van der Waals surface area (Å²) in [5.41, 5.74) is 1.04. The third-order valence-corrected chi connectivity index (χ3v) is 5.49. The molecule has 0 bridgehead atoms. The number of benzene rings is 1. The lowest BCUT2D eigenvalue weighted by molar-refractivity contribution is 0.402. The Morgan fingerprint density at radius 2 is 2.20 bits per heavy atom. The number of rotatable bonds is 4. The van der Waals surface area contributed by atoms with Crippen LogP contribution in [0.5, 0.6) is 0 Å². The summed E-state index contributed by atoms with van der Waals surface area (Å²) in [6.45, 7) is 4.86. The number of aliphatic imine (C=N–C) groups is 1. The Kier molecular flexibility index (Phi) is 8.08. The molecule has 136 valence electrons. The SMILES string of the molecule is CCC1CN(C(=NC)NCc2ncc(-c3ccccc3)o2)CCS1.I. The van der Waals surface area contributed by atoms with Crippen molar-refractivity contribution in [3.8, 4) is 11.3 Å². The topological polar surface area (TPSA) is 53.7 Å². The lowest BCUT2D eigenvalue weighted by Gasteiger charge is -2.34. The van der Waals surface area contributed by atoms with E-state index in [-0.39, 0.29) is 24.0 Å². The summed E-state index contributed by atoms with van der Waals surface area (Å²) in [6, 6.07) is 10.0. The van der Waals surface area contributed by atoms with Gasteiger partial charge in [0.2, 0.25) is 5.89 Å². The van der Waals surface area contributed by atoms with Gasteiger partial charge in [-0.2, -0.15) is 11.8 Å². The number of halogens is 1. The molecule has 1 aliphatic rings. The van der Waals surface area contributed by atoms with Gasteiger partial charge in [-0.15, -0.1) is 24.0 Å². The van der Waals surface area contributed by atoms with Crippen LogP contribution in [0, 0.1) is 0 Å². The molecule has 5 nitrogen and oxygen atoms in total. The van der Waals surface area contributed by atoms with Crippen LogP contribution in [0.2, 0.25) is 0 Å². The summed E-state index contributed by atoms with van der Waals surface area (Å²) >= 11 is 2.05. The van der Waals surface area contributed by atoms with Gasteiger partial charge in [0.1, 0.15) is 0 Å². The summed E-state index contributed by atoms with van der Waals surface area (Å²) in [4.78, 5) is 11.1. The highest BCUT2D eigenvalue weighted by Crippen LogP contribution is 2.22. The van der Waals surface area contributed by atoms with Gasteiger partial charge in [-0.05, 0) is 6.42 Å². The molecule has 3 rings (SSSR count). The molecule has 25 heavy (non-hydrogen) atoms. The standard InChI is InChI=1S/C18H24N4OS.HI/c1-3-15-13-22(9-10-24-15)18(19-2)21-12-17-20-11-16(23-17)14-7-5-4-6-8-14;/h4-8,11,15H,3,9-10,12-13H2,1-2H3,(H,19,21);1H. The Bertz CT molecular complexity index is 677. The van der Waals surface area contributed by atoms with E-state index in [1.54, 1.807) is 6.20 Å². The quantitative estimate of drug-likeness (QED) is 0.416. The molecular formula is C18H25IN4OS. The van der Waals surface area contributed by atoms with Crippen LogP contribution in [0.25, 0.3) is 11.3 Å². The van der Waals surface area contributed by atoms with Crippen molar-refractivity contribution in [2.45, 2.75) is 25.1 Å². The van der Waals surface area contributed by atoms with E-state index in [4.69, 9.17) is 4.42 Å². The second kappa shape index (κ2) is 10.1. The smallest absolute Gasteiger partial charge is 0.214 e. The van der Waals surface area contributed by atoms with Gasteiger partial charge < -0.3 is 14.6 Å². The highest BCUT2D eigenvalue weighted by Gasteiger charge is 2.21. The van der Waals surface area contributed by atoms with Crippen molar-refractivity contribution in [1.82, 2.24) is 15.2 Å². The van der Waals surface area contributed by atoms with Crippen LogP contribution < -0.4 is 5.32 Å². The zero-order chi connectivity index (χ0) is 16.8. The van der Waals surface area contributed by atoms with Gasteiger partial charge in [0.05, 0.1) is 12.7 Å². The van der Waals surface area contributed by atoms with Crippen LogP contribution in [0.4, 0.5) is 0 Å². The van der Waals surface area contributed by atoms with Gasteiger partial charge in [0.15, 0.2) is 11.7 Å². The fraction of sp³-hybridized carbons (Fsp3) is 0.444. The first-order valence-electron chi connectivity index (χ1n) is 8.37. The van der Waals surface area contributed by atoms with E-state index in [0.29, 0.717) is 17.7 Å². The first kappa shape index (κ1) is 20.1. The number of hydrogen-bond donors (Lipinski definition) is 1. The summed E-state index contributed by atoms with van der Waals surface area (Å²) in [5.74, 6) is 3.54. The lowest BCUT2D eigenvalue weighted by atomic mass is 10.2. The van der Waals surface area contributed by atoms with Gasteiger partial charge >= 0.3 is 0 Å². The maximum atomic E-state index is 5.84. The Morgan fingerprint density at radius 3 is 2.92 bits per heavy atom. The molecule has 1 N–H and O–H groups in total. The molecule has 0 radical (unpaired) electrons. The number of thioether (sulfide) groups is 1.